The molecular weight excluding hydrogens is 547 g/mol. The van der Waals surface area contributed by atoms with E-state index in [1.807, 2.05) is 30.3 Å². The summed E-state index contributed by atoms with van der Waals surface area (Å²) in [5, 5.41) is 12.7. The first-order chi connectivity index (χ1) is 20.9. The molecule has 0 aliphatic carbocycles. The number of benzene rings is 3. The van der Waals surface area contributed by atoms with Gasteiger partial charge in [0.2, 0.25) is 0 Å². The number of aromatic hydroxyl groups is 1. The molecule has 5 heterocycles. The third-order valence-corrected chi connectivity index (χ3v) is 10.2. The van der Waals surface area contributed by atoms with Crippen molar-refractivity contribution in [2.45, 2.75) is 56.1 Å². The molecule has 2 amide bonds. The van der Waals surface area contributed by atoms with E-state index in [1.54, 1.807) is 23.1 Å². The van der Waals surface area contributed by atoms with E-state index >= 15 is 4.39 Å². The molecule has 4 saturated heterocycles. The molecule has 4 aromatic rings. The van der Waals surface area contributed by atoms with Crippen molar-refractivity contribution in [3.8, 4) is 22.9 Å². The van der Waals surface area contributed by atoms with Gasteiger partial charge in [0.1, 0.15) is 23.7 Å². The number of anilines is 1. The van der Waals surface area contributed by atoms with Gasteiger partial charge in [0, 0.05) is 24.0 Å². The lowest BCUT2D eigenvalue weighted by Gasteiger charge is -2.41. The number of rotatable bonds is 5. The number of urea groups is 1. The van der Waals surface area contributed by atoms with Crippen LogP contribution < -0.4 is 15.4 Å². The van der Waals surface area contributed by atoms with Crippen molar-refractivity contribution >= 4 is 33.5 Å². The maximum absolute atomic E-state index is 16.7. The molecule has 2 atom stereocenters. The predicted molar refractivity (Wildman–Crippen MR) is 163 cm³/mol. The molecule has 8 rings (SSSR count). The molecule has 4 aliphatic heterocycles. The normalized spacial score (nSPS) is 22.9. The highest BCUT2D eigenvalue weighted by Crippen LogP contribution is 2.42. The Hall–Kier alpha value is -4.18. The molecule has 43 heavy (non-hydrogen) atoms. The number of carbonyl (C=O) groups is 1. The molecule has 1 aromatic heterocycles. The Labute approximate surface area is 249 Å². The molecule has 0 spiro atoms. The zero-order valence-corrected chi connectivity index (χ0v) is 24.0. The maximum atomic E-state index is 16.7. The number of phenolic OH excluding ortho intramolecular Hbond substituents is 1. The number of hydrogen-bond donors (Lipinski definition) is 2. The highest BCUT2D eigenvalue weighted by molar-refractivity contribution is 6.01. The Morgan fingerprint density at radius 1 is 1.00 bits per heavy atom. The second-order valence-electron chi connectivity index (χ2n) is 12.6. The van der Waals surface area contributed by atoms with Crippen LogP contribution in [0.4, 0.5) is 15.0 Å². The van der Waals surface area contributed by atoms with E-state index in [2.05, 4.69) is 14.8 Å². The lowest BCUT2D eigenvalue weighted by molar-refractivity contribution is 0.107. The molecular formula is C33H35FN6O3. The first-order valence-corrected chi connectivity index (χ1v) is 15.3. The van der Waals surface area contributed by atoms with E-state index in [0.29, 0.717) is 42.0 Å². The van der Waals surface area contributed by atoms with Crippen LogP contribution in [0.25, 0.3) is 32.8 Å². The lowest BCUT2D eigenvalue weighted by atomic mass is 9.95. The second-order valence-corrected chi connectivity index (χ2v) is 12.6. The van der Waals surface area contributed by atoms with Gasteiger partial charge in [-0.05, 0) is 86.1 Å². The highest BCUT2D eigenvalue weighted by Gasteiger charge is 2.45. The van der Waals surface area contributed by atoms with Gasteiger partial charge in [0.15, 0.2) is 5.82 Å². The monoisotopic (exact) mass is 582 g/mol. The Morgan fingerprint density at radius 3 is 2.49 bits per heavy atom. The van der Waals surface area contributed by atoms with Crippen LogP contribution in [0.5, 0.6) is 11.8 Å². The van der Waals surface area contributed by atoms with Crippen LogP contribution in [0, 0.1) is 5.82 Å². The number of hydrogen-bond acceptors (Lipinski definition) is 7. The van der Waals surface area contributed by atoms with Crippen LogP contribution >= 0.6 is 0 Å². The van der Waals surface area contributed by atoms with Gasteiger partial charge in [-0.1, -0.05) is 30.3 Å². The zero-order valence-electron chi connectivity index (χ0n) is 24.0. The first-order valence-electron chi connectivity index (χ1n) is 15.3. The lowest BCUT2D eigenvalue weighted by Crippen LogP contribution is -2.57. The summed E-state index contributed by atoms with van der Waals surface area (Å²) in [4.78, 5) is 28.2. The quantitative estimate of drug-likeness (QED) is 0.340. The molecule has 0 unspecified atom stereocenters. The molecule has 0 radical (unpaired) electrons. The highest BCUT2D eigenvalue weighted by atomic mass is 19.1. The number of ether oxygens (including phenoxy) is 1. The summed E-state index contributed by atoms with van der Waals surface area (Å²) in [5.74, 6) is 0.196. The van der Waals surface area contributed by atoms with Gasteiger partial charge in [-0.25, -0.2) is 9.18 Å². The Kier molecular flexibility index (Phi) is 6.11. The molecule has 3 N–H and O–H groups in total. The minimum atomic E-state index is -0.484. The van der Waals surface area contributed by atoms with Gasteiger partial charge in [-0.2, -0.15) is 9.97 Å². The number of fused-ring (bicyclic) bond motifs is 5. The van der Waals surface area contributed by atoms with Gasteiger partial charge >= 0.3 is 12.0 Å². The van der Waals surface area contributed by atoms with E-state index in [1.165, 1.54) is 0 Å². The van der Waals surface area contributed by atoms with E-state index < -0.39 is 11.8 Å². The van der Waals surface area contributed by atoms with Crippen molar-refractivity contribution in [2.24, 2.45) is 5.73 Å². The number of piperazine rings is 1. The van der Waals surface area contributed by atoms with Crippen LogP contribution in [0.1, 0.15) is 38.5 Å². The fourth-order valence-corrected chi connectivity index (χ4v) is 8.25. The van der Waals surface area contributed by atoms with E-state index in [-0.39, 0.29) is 34.9 Å². The third-order valence-electron chi connectivity index (χ3n) is 10.2. The van der Waals surface area contributed by atoms with Crippen LogP contribution in [-0.2, 0) is 0 Å². The fourth-order valence-electron chi connectivity index (χ4n) is 8.25. The van der Waals surface area contributed by atoms with Crippen LogP contribution in [-0.4, -0.2) is 81.3 Å². The summed E-state index contributed by atoms with van der Waals surface area (Å²) < 4.78 is 23.1. The van der Waals surface area contributed by atoms with E-state index in [4.69, 9.17) is 15.5 Å². The summed E-state index contributed by atoms with van der Waals surface area (Å²) in [5.41, 5.74) is 6.84. The molecule has 9 nitrogen and oxygen atoms in total. The van der Waals surface area contributed by atoms with Crippen molar-refractivity contribution < 1.29 is 19.0 Å². The number of nitrogens with two attached hydrogens (primary N) is 1. The molecule has 0 saturated carbocycles. The summed E-state index contributed by atoms with van der Waals surface area (Å²) >= 11 is 0. The maximum Gasteiger partial charge on any atom is 0.319 e. The minimum Gasteiger partial charge on any atom is -0.508 e. The van der Waals surface area contributed by atoms with Crippen LogP contribution in [0.2, 0.25) is 0 Å². The molecule has 2 bridgehead atoms. The van der Waals surface area contributed by atoms with Crippen LogP contribution in [0.3, 0.4) is 0 Å². The zero-order chi connectivity index (χ0) is 29.3. The number of halogens is 1. The van der Waals surface area contributed by atoms with E-state index in [0.717, 1.165) is 62.4 Å². The largest absolute Gasteiger partial charge is 0.508 e. The average molecular weight is 583 g/mol. The molecule has 10 heteroatoms. The topological polar surface area (TPSA) is 108 Å². The van der Waals surface area contributed by atoms with Crippen molar-refractivity contribution in [1.82, 2.24) is 19.8 Å². The van der Waals surface area contributed by atoms with Gasteiger partial charge < -0.3 is 25.4 Å². The number of primary amides is 1. The first kappa shape index (κ1) is 26.4. The minimum absolute atomic E-state index is 0.00836. The number of carbonyl (C=O) groups excluding carboxylic acids is 1. The van der Waals surface area contributed by atoms with Crippen LogP contribution in [0.15, 0.2) is 48.5 Å². The summed E-state index contributed by atoms with van der Waals surface area (Å²) in [7, 11) is 0. The summed E-state index contributed by atoms with van der Waals surface area (Å²) in [6.45, 7) is 3.75. The number of aromatic nitrogens is 2. The molecule has 4 fully saturated rings. The molecule has 222 valence electrons. The van der Waals surface area contributed by atoms with Crippen molar-refractivity contribution in [3.05, 3.63) is 54.3 Å². The average Bonchev–Trinajstić information content (AvgIpc) is 3.66. The van der Waals surface area contributed by atoms with Crippen molar-refractivity contribution in [2.75, 3.05) is 37.7 Å². The van der Waals surface area contributed by atoms with Crippen molar-refractivity contribution in [1.29, 1.82) is 0 Å². The number of phenols is 1. The summed E-state index contributed by atoms with van der Waals surface area (Å²) in [6, 6.07) is 14.3. The molecule has 3 aromatic carbocycles. The Morgan fingerprint density at radius 2 is 1.74 bits per heavy atom. The van der Waals surface area contributed by atoms with E-state index in [9.17, 15) is 9.90 Å². The number of amides is 2. The third kappa shape index (κ3) is 4.25. The van der Waals surface area contributed by atoms with Gasteiger partial charge in [0.05, 0.1) is 17.6 Å². The standard InChI is InChI=1S/C33H35FN6O3/c34-28-25(27-16-23(41)15-20-5-1-2-6-24(20)27)9-10-26-29(28)36-32(43-19-33-11-3-13-39(33)14-4-12-33)37-30(26)38-17-21-7-8-22(18-38)40(21)31(35)42/h1-2,5-6,9-10,15-16,21-22,41H,3-4,7-8,11-14,17-19H2,(H2,35,42)/t21-,22+. The smallest absolute Gasteiger partial charge is 0.319 e. The Balaban J connectivity index is 1.24. The molecule has 4 aliphatic rings. The SMILES string of the molecule is NC(=O)N1[C@@H]2CC[C@H]1CN(c1nc(OCC34CCCN3CCC4)nc3c(F)c(-c4cc(O)cc5ccccc45)ccc13)C2. The Bertz CT molecular complexity index is 1740. The van der Waals surface area contributed by atoms with Gasteiger partial charge in [-0.15, -0.1) is 0 Å². The second kappa shape index (κ2) is 9.94. The van der Waals surface area contributed by atoms with Crippen molar-refractivity contribution in [3.63, 3.8) is 0 Å². The van der Waals surface area contributed by atoms with Gasteiger partial charge in [-0.3, -0.25) is 4.90 Å². The summed E-state index contributed by atoms with van der Waals surface area (Å²) in [6.07, 6.45) is 6.20. The number of nitrogens with zero attached hydrogens (tertiary/aromatic N) is 5. The predicted octanol–water partition coefficient (Wildman–Crippen LogP) is 5.03. The van der Waals surface area contributed by atoms with Gasteiger partial charge in [0.25, 0.3) is 0 Å². The fraction of sp³-hybridized carbons (Fsp3) is 0.424.